The third-order valence-corrected chi connectivity index (χ3v) is 22.0. The summed E-state index contributed by atoms with van der Waals surface area (Å²) in [6, 6.07) is 0. The molecule has 10 nitrogen and oxygen atoms in total. The van der Waals surface area contributed by atoms with E-state index in [0.717, 1.165) is 38.5 Å². The Morgan fingerprint density at radius 1 is 0.544 bits per heavy atom. The molecule has 2 N–H and O–H groups in total. The summed E-state index contributed by atoms with van der Waals surface area (Å²) in [5.74, 6) is -0.288. The van der Waals surface area contributed by atoms with E-state index >= 15 is 0 Å². The van der Waals surface area contributed by atoms with Crippen LogP contribution in [0.15, 0.2) is 0 Å². The Kier molecular flexibility index (Phi) is 26.2. The van der Waals surface area contributed by atoms with Gasteiger partial charge in [0.05, 0.1) is 25.4 Å². The summed E-state index contributed by atoms with van der Waals surface area (Å²) in [5, 5.41) is 23.2. The number of ether oxygens (including phenoxy) is 2. The number of carbonyl (C=O) groups excluding carboxylic acids is 2. The number of unbranched alkanes of at least 4 members (excludes halogenated alkanes) is 8. The molecule has 2 unspecified atom stereocenters. The van der Waals surface area contributed by atoms with Crippen molar-refractivity contribution in [1.82, 2.24) is 10.1 Å². The Labute approximate surface area is 357 Å². The summed E-state index contributed by atoms with van der Waals surface area (Å²) in [6.07, 6.45) is 16.6. The molecule has 2 saturated heterocycles. The molecule has 0 saturated carbocycles. The predicted octanol–water partition coefficient (Wildman–Crippen LogP) is 10.5. The number of hydrogen-bond donors (Lipinski definition) is 2. The van der Waals surface area contributed by atoms with Gasteiger partial charge in [0.25, 0.3) is 0 Å². The predicted molar refractivity (Wildman–Crippen MR) is 237 cm³/mol. The van der Waals surface area contributed by atoms with Gasteiger partial charge in [0.2, 0.25) is 0 Å². The first-order valence-electron chi connectivity index (χ1n) is 23.2. The molecule has 0 aromatic heterocycles. The normalized spacial score (nSPS) is 20.8. The molecule has 11 heteroatoms. The fourth-order valence-corrected chi connectivity index (χ4v) is 20.1. The Morgan fingerprint density at radius 2 is 0.825 bits per heavy atom. The first-order chi connectivity index (χ1) is 26.6. The zero-order valence-corrected chi connectivity index (χ0v) is 42.7. The van der Waals surface area contributed by atoms with Crippen LogP contribution in [-0.4, -0.2) is 112 Å². The molecular formula is C46H92N2O8Sn. The number of carbonyl (C=O) groups is 2. The number of hydrogen-bond acceptors (Lipinski definition) is 10. The number of piperidine rings is 2. The fourth-order valence-electron chi connectivity index (χ4n) is 9.22. The van der Waals surface area contributed by atoms with Crippen molar-refractivity contribution >= 4 is 31.7 Å². The van der Waals surface area contributed by atoms with Crippen LogP contribution in [0.5, 0.6) is 0 Å². The van der Waals surface area contributed by atoms with Gasteiger partial charge in [0.15, 0.2) is 0 Å². The average Bonchev–Trinajstić information content (AvgIpc) is 3.07. The molecular weight excluding hydrogens is 827 g/mol. The van der Waals surface area contributed by atoms with Gasteiger partial charge in [0.1, 0.15) is 12.2 Å². The summed E-state index contributed by atoms with van der Waals surface area (Å²) in [4.78, 5) is 37.0. The monoisotopic (exact) mass is 921 g/mol. The molecule has 0 bridgehead atoms. The first-order valence-corrected chi connectivity index (χ1v) is 30.2. The Balaban J connectivity index is 0.00000106. The molecule has 0 aromatic carbocycles. The van der Waals surface area contributed by atoms with Crippen molar-refractivity contribution in [2.24, 2.45) is 0 Å². The van der Waals surface area contributed by atoms with E-state index in [1.807, 2.05) is 10.1 Å². The first kappa shape index (κ1) is 54.5. The molecule has 0 aliphatic carbocycles. The van der Waals surface area contributed by atoms with Crippen LogP contribution in [0.2, 0.25) is 13.3 Å². The average molecular weight is 920 g/mol. The standard InChI is InChI=1S/C34H64N2O8.3C4H9.Sn.H/c1-25(37)23-41-35-31(3,4)19-27(20-32(35,5)6)43-29(39)17-15-13-11-12-14-16-18-30(40)44-28-21-33(7,8)36(34(9,10)22-28)42-24-26(2)38;3*1-3-4-2;;/h25-28,37-38H,11-24H2,1-10H3;3*1,3-4H2,2H3;;. The zero-order chi connectivity index (χ0) is 43.3. The van der Waals surface area contributed by atoms with Crippen molar-refractivity contribution in [1.29, 1.82) is 0 Å². The van der Waals surface area contributed by atoms with Crippen LogP contribution in [-0.2, 0) is 28.7 Å². The molecule has 0 aromatic rings. The molecule has 2 heterocycles. The van der Waals surface area contributed by atoms with Crippen molar-refractivity contribution < 1.29 is 39.0 Å². The number of aliphatic hydroxyl groups excluding tert-OH is 2. The van der Waals surface area contributed by atoms with E-state index in [1.54, 1.807) is 27.2 Å². The molecule has 2 atom stereocenters. The number of rotatable bonds is 26. The van der Waals surface area contributed by atoms with Gasteiger partial charge in [-0.3, -0.25) is 19.3 Å². The molecule has 2 aliphatic heterocycles. The van der Waals surface area contributed by atoms with E-state index in [9.17, 15) is 19.8 Å². The van der Waals surface area contributed by atoms with Gasteiger partial charge < -0.3 is 19.7 Å². The van der Waals surface area contributed by atoms with E-state index in [2.05, 4.69) is 76.2 Å². The summed E-state index contributed by atoms with van der Waals surface area (Å²) < 4.78 is 16.8. The Hall–Kier alpha value is -0.501. The minimum absolute atomic E-state index is 0.144. The van der Waals surface area contributed by atoms with Gasteiger partial charge in [-0.15, -0.1) is 0 Å². The van der Waals surface area contributed by atoms with E-state index in [1.165, 1.54) is 38.5 Å². The van der Waals surface area contributed by atoms with Gasteiger partial charge >= 0.3 is 104 Å². The van der Waals surface area contributed by atoms with E-state index < -0.39 is 32.0 Å². The van der Waals surface area contributed by atoms with Crippen LogP contribution < -0.4 is 0 Å². The minimum atomic E-state index is -0.967. The molecule has 338 valence electrons. The van der Waals surface area contributed by atoms with Crippen LogP contribution in [0, 0.1) is 0 Å². The van der Waals surface area contributed by atoms with E-state index in [-0.39, 0.29) is 59.5 Å². The van der Waals surface area contributed by atoms with E-state index in [4.69, 9.17) is 19.1 Å². The molecule has 2 fully saturated rings. The second-order valence-electron chi connectivity index (χ2n) is 20.1. The van der Waals surface area contributed by atoms with Crippen LogP contribution >= 0.6 is 0 Å². The van der Waals surface area contributed by atoms with Gasteiger partial charge in [0, 0.05) is 60.7 Å². The third-order valence-electron chi connectivity index (χ3n) is 11.5. The summed E-state index contributed by atoms with van der Waals surface area (Å²) >= 11 is -0.967. The zero-order valence-electron chi connectivity index (χ0n) is 39.4. The van der Waals surface area contributed by atoms with Crippen molar-refractivity contribution in [3.05, 3.63) is 0 Å². The van der Waals surface area contributed by atoms with E-state index in [0.29, 0.717) is 38.5 Å². The number of nitrogens with zero attached hydrogens (tertiary/aromatic N) is 2. The van der Waals surface area contributed by atoms with Gasteiger partial charge in [-0.05, 0) is 82.1 Å². The SMILES string of the molecule is CC(O)CON1C(C)(C)CC(OC(=O)CCCCCCCCC(=O)OC2CC(C)(C)N(OCC(C)O)C(C)(C)C2)CC1(C)C.CCC[CH2][SnH]([CH2]CCC)[CH2]CCC. The van der Waals surface area contributed by atoms with Crippen LogP contribution in [0.4, 0.5) is 0 Å². The molecule has 0 spiro atoms. The molecule has 0 radical (unpaired) electrons. The number of aliphatic hydroxyl groups is 2. The van der Waals surface area contributed by atoms with Crippen LogP contribution in [0.1, 0.15) is 206 Å². The molecule has 57 heavy (non-hydrogen) atoms. The van der Waals surface area contributed by atoms with Crippen LogP contribution in [0.25, 0.3) is 0 Å². The van der Waals surface area contributed by atoms with Gasteiger partial charge in [-0.1, -0.05) is 25.7 Å². The summed E-state index contributed by atoms with van der Waals surface area (Å²) in [6.45, 7) is 27.5. The molecule has 2 rings (SSSR count). The quantitative estimate of drug-likeness (QED) is 0.0493. The Morgan fingerprint density at radius 3 is 1.09 bits per heavy atom. The van der Waals surface area contributed by atoms with Crippen molar-refractivity contribution in [3.63, 3.8) is 0 Å². The van der Waals surface area contributed by atoms with Gasteiger partial charge in [-0.25, -0.2) is 0 Å². The van der Waals surface area contributed by atoms with Crippen molar-refractivity contribution in [3.8, 4) is 0 Å². The maximum absolute atomic E-state index is 12.6. The second kappa shape index (κ2) is 27.4. The number of esters is 2. The summed E-state index contributed by atoms with van der Waals surface area (Å²) in [5.41, 5.74) is -1.30. The number of hydroxylamine groups is 4. The van der Waals surface area contributed by atoms with Crippen molar-refractivity contribution in [2.45, 2.75) is 265 Å². The Bertz CT molecular complexity index is 971. The van der Waals surface area contributed by atoms with Crippen LogP contribution in [0.3, 0.4) is 0 Å². The third kappa shape index (κ3) is 22.2. The maximum atomic E-state index is 12.6. The second-order valence-corrected chi connectivity index (χ2v) is 30.0. The fraction of sp³-hybridized carbons (Fsp3) is 0.957. The topological polar surface area (TPSA) is 118 Å². The summed E-state index contributed by atoms with van der Waals surface area (Å²) in [7, 11) is 0. The van der Waals surface area contributed by atoms with Crippen molar-refractivity contribution in [2.75, 3.05) is 13.2 Å². The van der Waals surface area contributed by atoms with Gasteiger partial charge in [-0.2, -0.15) is 10.1 Å². The molecule has 0 amide bonds. The molecule has 2 aliphatic rings.